The van der Waals surface area contributed by atoms with Crippen molar-refractivity contribution in [3.63, 3.8) is 0 Å². The largest absolute Gasteiger partial charge is 0.340 e. The molecule has 1 atom stereocenters. The third-order valence-electron chi connectivity index (χ3n) is 3.96. The van der Waals surface area contributed by atoms with Crippen molar-refractivity contribution in [2.24, 2.45) is 7.05 Å². The lowest BCUT2D eigenvalue weighted by Gasteiger charge is -2.18. The summed E-state index contributed by atoms with van der Waals surface area (Å²) in [4.78, 5) is 0. The van der Waals surface area contributed by atoms with Crippen molar-refractivity contribution in [2.75, 3.05) is 12.0 Å². The van der Waals surface area contributed by atoms with E-state index in [4.69, 9.17) is 5.26 Å². The molecule has 122 valence electrons. The molecule has 0 aliphatic carbocycles. The Morgan fingerprint density at radius 1 is 1.30 bits per heavy atom. The van der Waals surface area contributed by atoms with E-state index < -0.39 is 9.84 Å². The first kappa shape index (κ1) is 17.3. The van der Waals surface area contributed by atoms with Crippen LogP contribution in [0.4, 0.5) is 0 Å². The van der Waals surface area contributed by atoms with Crippen molar-refractivity contribution in [2.45, 2.75) is 19.5 Å². The molecular weight excluding hydrogens is 310 g/mol. The summed E-state index contributed by atoms with van der Waals surface area (Å²) in [7, 11) is -1.26. The summed E-state index contributed by atoms with van der Waals surface area (Å²) in [6.45, 7) is 2.46. The molecule has 0 aliphatic rings. The van der Waals surface area contributed by atoms with Crippen molar-refractivity contribution >= 4 is 9.84 Å². The smallest absolute Gasteiger partial charge is 0.149 e. The molecular formula is C17H21N3O2S. The number of rotatable bonds is 6. The second-order valence-electron chi connectivity index (χ2n) is 5.75. The molecule has 0 saturated heterocycles. The minimum Gasteiger partial charge on any atom is -0.340 e. The molecule has 5 nitrogen and oxygen atoms in total. The second kappa shape index (κ2) is 6.99. The maximum absolute atomic E-state index is 11.7. The molecule has 2 aromatic rings. The third-order valence-corrected chi connectivity index (χ3v) is 4.90. The molecule has 0 radical (unpaired) electrons. The van der Waals surface area contributed by atoms with E-state index in [-0.39, 0.29) is 11.8 Å². The monoisotopic (exact) mass is 331 g/mol. The SMILES string of the molecule is Cc1c(CN[C@H](CS(C)(=O)=O)c2ccccc2)cc(C#N)n1C. The summed E-state index contributed by atoms with van der Waals surface area (Å²) in [6.07, 6.45) is 1.24. The lowest BCUT2D eigenvalue weighted by molar-refractivity contribution is 0.550. The number of aromatic nitrogens is 1. The van der Waals surface area contributed by atoms with Gasteiger partial charge in [0.2, 0.25) is 0 Å². The molecule has 1 N–H and O–H groups in total. The van der Waals surface area contributed by atoms with E-state index >= 15 is 0 Å². The van der Waals surface area contributed by atoms with Crippen LogP contribution in [0.5, 0.6) is 0 Å². The predicted octanol–water partition coefficient (Wildman–Crippen LogP) is 2.08. The molecule has 0 bridgehead atoms. The zero-order chi connectivity index (χ0) is 17.0. The summed E-state index contributed by atoms with van der Waals surface area (Å²) in [5.41, 5.74) is 3.53. The Labute approximate surface area is 137 Å². The molecule has 0 amide bonds. The Morgan fingerprint density at radius 3 is 2.48 bits per heavy atom. The van der Waals surface area contributed by atoms with Crippen molar-refractivity contribution < 1.29 is 8.42 Å². The van der Waals surface area contributed by atoms with E-state index in [1.54, 1.807) is 0 Å². The Morgan fingerprint density at radius 2 is 1.96 bits per heavy atom. The highest BCUT2D eigenvalue weighted by molar-refractivity contribution is 7.90. The van der Waals surface area contributed by atoms with Gasteiger partial charge in [-0.1, -0.05) is 30.3 Å². The van der Waals surface area contributed by atoms with Crippen LogP contribution in [-0.4, -0.2) is 25.0 Å². The molecule has 23 heavy (non-hydrogen) atoms. The zero-order valence-corrected chi connectivity index (χ0v) is 14.4. The van der Waals surface area contributed by atoms with Crippen LogP contribution in [0.15, 0.2) is 36.4 Å². The second-order valence-corrected chi connectivity index (χ2v) is 7.93. The van der Waals surface area contributed by atoms with Crippen molar-refractivity contribution in [3.05, 3.63) is 58.9 Å². The Kier molecular flexibility index (Phi) is 5.24. The first-order chi connectivity index (χ1) is 10.8. The topological polar surface area (TPSA) is 74.9 Å². The average molecular weight is 331 g/mol. The van der Waals surface area contributed by atoms with Gasteiger partial charge in [-0.05, 0) is 24.1 Å². The fraction of sp³-hybridized carbons (Fsp3) is 0.353. The van der Waals surface area contributed by atoms with Crippen LogP contribution in [0.2, 0.25) is 0 Å². The van der Waals surface area contributed by atoms with Crippen LogP contribution in [-0.2, 0) is 23.4 Å². The molecule has 0 saturated carbocycles. The molecule has 6 heteroatoms. The van der Waals surface area contributed by atoms with Crippen LogP contribution >= 0.6 is 0 Å². The third kappa shape index (κ3) is 4.44. The number of sulfone groups is 1. The summed E-state index contributed by atoms with van der Waals surface area (Å²) in [6, 6.07) is 13.2. The van der Waals surface area contributed by atoms with Crippen LogP contribution in [0.25, 0.3) is 0 Å². The van der Waals surface area contributed by atoms with Gasteiger partial charge in [0.05, 0.1) is 5.75 Å². The van der Waals surface area contributed by atoms with Crippen LogP contribution in [0.3, 0.4) is 0 Å². The van der Waals surface area contributed by atoms with Crippen molar-refractivity contribution in [3.8, 4) is 6.07 Å². The Bertz CT molecular complexity index is 818. The lowest BCUT2D eigenvalue weighted by atomic mass is 10.1. The minimum absolute atomic E-state index is 0.0357. The Hall–Kier alpha value is -2.10. The fourth-order valence-corrected chi connectivity index (χ4v) is 3.46. The summed E-state index contributed by atoms with van der Waals surface area (Å²) >= 11 is 0. The summed E-state index contributed by atoms with van der Waals surface area (Å²) < 4.78 is 25.3. The summed E-state index contributed by atoms with van der Waals surface area (Å²) in [5.74, 6) is 0.0357. The van der Waals surface area contributed by atoms with E-state index in [0.29, 0.717) is 12.2 Å². The number of hydrogen-bond acceptors (Lipinski definition) is 4. The number of nitrogens with one attached hydrogen (secondary N) is 1. The van der Waals surface area contributed by atoms with Gasteiger partial charge in [0, 0.05) is 31.6 Å². The van der Waals surface area contributed by atoms with Gasteiger partial charge < -0.3 is 9.88 Å². The van der Waals surface area contributed by atoms with Gasteiger partial charge >= 0.3 is 0 Å². The molecule has 1 aromatic heterocycles. The van der Waals surface area contributed by atoms with Crippen LogP contribution in [0.1, 0.15) is 28.6 Å². The minimum atomic E-state index is -3.11. The van der Waals surface area contributed by atoms with Gasteiger partial charge in [-0.15, -0.1) is 0 Å². The molecule has 1 aromatic carbocycles. The van der Waals surface area contributed by atoms with E-state index in [0.717, 1.165) is 16.8 Å². The molecule has 0 unspecified atom stereocenters. The molecule has 2 rings (SSSR count). The molecule has 0 fully saturated rings. The van der Waals surface area contributed by atoms with Crippen LogP contribution in [0, 0.1) is 18.3 Å². The highest BCUT2D eigenvalue weighted by atomic mass is 32.2. The molecule has 0 aliphatic heterocycles. The van der Waals surface area contributed by atoms with E-state index in [2.05, 4.69) is 11.4 Å². The summed E-state index contributed by atoms with van der Waals surface area (Å²) in [5, 5.41) is 12.4. The average Bonchev–Trinajstić information content (AvgIpc) is 2.79. The maximum Gasteiger partial charge on any atom is 0.149 e. The van der Waals surface area contributed by atoms with Gasteiger partial charge in [0.25, 0.3) is 0 Å². The van der Waals surface area contributed by atoms with Gasteiger partial charge in [-0.2, -0.15) is 5.26 Å². The standard InChI is InChI=1S/C17H21N3O2S/c1-13-15(9-16(10-18)20(13)2)11-19-17(12-23(3,21)22)14-7-5-4-6-8-14/h4-9,17,19H,11-12H2,1-3H3/t17-/m1/s1. The van der Waals surface area contributed by atoms with Gasteiger partial charge in [-0.3, -0.25) is 0 Å². The van der Waals surface area contributed by atoms with E-state index in [9.17, 15) is 8.42 Å². The van der Waals surface area contributed by atoms with E-state index in [1.165, 1.54) is 6.26 Å². The number of nitrogens with zero attached hydrogens (tertiary/aromatic N) is 2. The lowest BCUT2D eigenvalue weighted by Crippen LogP contribution is -2.27. The predicted molar refractivity (Wildman–Crippen MR) is 90.6 cm³/mol. The molecule has 1 heterocycles. The van der Waals surface area contributed by atoms with E-state index in [1.807, 2.05) is 54.9 Å². The number of nitriles is 1. The van der Waals surface area contributed by atoms with Gasteiger partial charge in [0.1, 0.15) is 21.6 Å². The van der Waals surface area contributed by atoms with Crippen LogP contribution < -0.4 is 5.32 Å². The number of hydrogen-bond donors (Lipinski definition) is 1. The van der Waals surface area contributed by atoms with Gasteiger partial charge in [-0.25, -0.2) is 8.42 Å². The first-order valence-corrected chi connectivity index (χ1v) is 9.39. The Balaban J connectivity index is 2.21. The zero-order valence-electron chi connectivity index (χ0n) is 13.6. The fourth-order valence-electron chi connectivity index (χ4n) is 2.54. The van der Waals surface area contributed by atoms with Crippen molar-refractivity contribution in [1.82, 2.24) is 9.88 Å². The highest BCUT2D eigenvalue weighted by Gasteiger charge is 2.18. The van der Waals surface area contributed by atoms with Crippen molar-refractivity contribution in [1.29, 1.82) is 5.26 Å². The normalized spacial score (nSPS) is 12.8. The quantitative estimate of drug-likeness (QED) is 0.879. The van der Waals surface area contributed by atoms with Gasteiger partial charge in [0.15, 0.2) is 0 Å². The highest BCUT2D eigenvalue weighted by Crippen LogP contribution is 2.18. The maximum atomic E-state index is 11.7. The first-order valence-electron chi connectivity index (χ1n) is 7.33. The number of benzene rings is 1. The molecule has 0 spiro atoms.